The van der Waals surface area contributed by atoms with Crippen LogP contribution in [-0.4, -0.2) is 32.9 Å². The van der Waals surface area contributed by atoms with Crippen LogP contribution in [0.1, 0.15) is 12.1 Å². The Kier molecular flexibility index (Phi) is 3.25. The first-order valence-corrected chi connectivity index (χ1v) is 7.01. The summed E-state index contributed by atoms with van der Waals surface area (Å²) in [7, 11) is 0. The minimum atomic E-state index is -0.455. The van der Waals surface area contributed by atoms with Crippen molar-refractivity contribution in [3.05, 3.63) is 41.9 Å². The summed E-state index contributed by atoms with van der Waals surface area (Å²) in [6.07, 6.45) is 3.91. The van der Waals surface area contributed by atoms with Gasteiger partial charge in [0.25, 0.3) is 0 Å². The molecule has 1 aromatic rings. The Bertz CT molecular complexity index is 544. The number of carbonyl (C=O) groups excluding carboxylic acids is 2. The fourth-order valence-electron chi connectivity index (χ4n) is 2.03. The monoisotopic (exact) mass is 276 g/mol. The summed E-state index contributed by atoms with van der Waals surface area (Å²) in [6.45, 7) is 0.122. The highest BCUT2D eigenvalue weighted by Crippen LogP contribution is 2.37. The van der Waals surface area contributed by atoms with Gasteiger partial charge in [0.2, 0.25) is 5.91 Å². The van der Waals surface area contributed by atoms with Gasteiger partial charge in [0.05, 0.1) is 17.5 Å². The van der Waals surface area contributed by atoms with Crippen LogP contribution in [0, 0.1) is 0 Å². The molecule has 1 saturated heterocycles. The number of ether oxygens (including phenoxy) is 1. The maximum Gasteiger partial charge on any atom is 0.355 e. The Labute approximate surface area is 114 Å². The Hall–Kier alpha value is -1.82. The molecule has 98 valence electrons. The molecule has 0 aliphatic carbocycles. The summed E-state index contributed by atoms with van der Waals surface area (Å²) in [6, 6.07) is 5.42. The minimum Gasteiger partial charge on any atom is -0.455 e. The lowest BCUT2D eigenvalue weighted by Gasteiger charge is -2.42. The van der Waals surface area contributed by atoms with Gasteiger partial charge in [0, 0.05) is 11.9 Å². The molecule has 2 aliphatic rings. The van der Waals surface area contributed by atoms with E-state index in [2.05, 4.69) is 4.98 Å². The van der Waals surface area contributed by atoms with Gasteiger partial charge in [-0.15, -0.1) is 11.8 Å². The van der Waals surface area contributed by atoms with Crippen molar-refractivity contribution >= 4 is 23.6 Å². The molecule has 0 N–H and O–H groups in total. The zero-order valence-corrected chi connectivity index (χ0v) is 10.9. The number of β-lactam (4-membered cyclic amide) rings is 1. The maximum atomic E-state index is 12.0. The van der Waals surface area contributed by atoms with Crippen molar-refractivity contribution in [1.82, 2.24) is 9.88 Å². The second-order valence-corrected chi connectivity index (χ2v) is 5.45. The van der Waals surface area contributed by atoms with Gasteiger partial charge in [-0.05, 0) is 18.2 Å². The van der Waals surface area contributed by atoms with Crippen LogP contribution in [0.5, 0.6) is 0 Å². The first kappa shape index (κ1) is 12.2. The van der Waals surface area contributed by atoms with E-state index in [1.807, 2.05) is 6.07 Å². The largest absolute Gasteiger partial charge is 0.455 e. The molecule has 1 aromatic heterocycles. The Morgan fingerprint density at radius 3 is 3.16 bits per heavy atom. The Morgan fingerprint density at radius 2 is 2.42 bits per heavy atom. The van der Waals surface area contributed by atoms with Crippen molar-refractivity contribution in [1.29, 1.82) is 0 Å². The zero-order valence-electron chi connectivity index (χ0n) is 10.1. The molecule has 0 bridgehead atoms. The van der Waals surface area contributed by atoms with E-state index in [-0.39, 0.29) is 17.9 Å². The molecule has 19 heavy (non-hydrogen) atoms. The van der Waals surface area contributed by atoms with Crippen molar-refractivity contribution < 1.29 is 14.3 Å². The number of aromatic nitrogens is 1. The van der Waals surface area contributed by atoms with E-state index in [0.29, 0.717) is 17.8 Å². The lowest BCUT2D eigenvalue weighted by molar-refractivity contribution is -0.150. The molecular formula is C13H12N2O3S. The van der Waals surface area contributed by atoms with Gasteiger partial charge in [-0.1, -0.05) is 6.07 Å². The predicted molar refractivity (Wildman–Crippen MR) is 69.8 cm³/mol. The lowest BCUT2D eigenvalue weighted by atomic mass is 10.1. The maximum absolute atomic E-state index is 12.0. The molecule has 2 aliphatic heterocycles. The molecule has 0 unspecified atom stereocenters. The Morgan fingerprint density at radius 1 is 1.53 bits per heavy atom. The number of nitrogens with zero attached hydrogens (tertiary/aromatic N) is 2. The number of hydrogen-bond donors (Lipinski definition) is 0. The predicted octanol–water partition coefficient (Wildman–Crippen LogP) is 1.31. The second kappa shape index (κ2) is 5.05. The van der Waals surface area contributed by atoms with E-state index < -0.39 is 5.97 Å². The van der Waals surface area contributed by atoms with Crippen molar-refractivity contribution in [2.45, 2.75) is 18.4 Å². The van der Waals surface area contributed by atoms with E-state index in [1.165, 1.54) is 4.90 Å². The van der Waals surface area contributed by atoms with E-state index in [9.17, 15) is 9.59 Å². The van der Waals surface area contributed by atoms with Crippen molar-refractivity contribution in [2.24, 2.45) is 0 Å². The van der Waals surface area contributed by atoms with Crippen molar-refractivity contribution in [2.75, 3.05) is 5.75 Å². The average Bonchev–Trinajstić information content (AvgIpc) is 2.44. The zero-order chi connectivity index (χ0) is 13.2. The van der Waals surface area contributed by atoms with Crippen LogP contribution in [0.3, 0.4) is 0 Å². The van der Waals surface area contributed by atoms with E-state index in [1.54, 1.807) is 36.2 Å². The molecule has 0 saturated carbocycles. The molecule has 0 spiro atoms. The lowest BCUT2D eigenvalue weighted by Crippen LogP contribution is -2.53. The second-order valence-electron chi connectivity index (χ2n) is 4.24. The summed E-state index contributed by atoms with van der Waals surface area (Å²) < 4.78 is 5.20. The number of fused-ring (bicyclic) bond motifs is 1. The van der Waals surface area contributed by atoms with E-state index in [4.69, 9.17) is 4.74 Å². The number of rotatable bonds is 3. The fraction of sp³-hybridized carbons (Fsp3) is 0.308. The van der Waals surface area contributed by atoms with Gasteiger partial charge in [-0.25, -0.2) is 4.79 Å². The third kappa shape index (κ3) is 2.35. The summed E-state index contributed by atoms with van der Waals surface area (Å²) in [4.78, 5) is 29.1. The molecular weight excluding hydrogens is 264 g/mol. The SMILES string of the molecule is O=C(OCc1ccccn1)C1=CCS[C@@H]2CC(=O)N12. The van der Waals surface area contributed by atoms with Crippen LogP contribution >= 0.6 is 11.8 Å². The van der Waals surface area contributed by atoms with Gasteiger partial charge in [0.15, 0.2) is 0 Å². The van der Waals surface area contributed by atoms with Crippen LogP contribution in [-0.2, 0) is 20.9 Å². The third-order valence-electron chi connectivity index (χ3n) is 3.02. The highest BCUT2D eigenvalue weighted by Gasteiger charge is 2.43. The third-order valence-corrected chi connectivity index (χ3v) is 4.14. The van der Waals surface area contributed by atoms with Gasteiger partial charge in [-0.3, -0.25) is 14.7 Å². The number of pyridine rings is 1. The molecule has 0 aromatic carbocycles. The highest BCUT2D eigenvalue weighted by molar-refractivity contribution is 8.00. The smallest absolute Gasteiger partial charge is 0.355 e. The first-order valence-electron chi connectivity index (χ1n) is 5.96. The average molecular weight is 276 g/mol. The highest BCUT2D eigenvalue weighted by atomic mass is 32.2. The molecule has 1 amide bonds. The molecule has 1 fully saturated rings. The molecule has 3 rings (SSSR count). The van der Waals surface area contributed by atoms with E-state index >= 15 is 0 Å². The number of hydrogen-bond acceptors (Lipinski definition) is 5. The molecule has 1 atom stereocenters. The number of thioether (sulfide) groups is 1. The minimum absolute atomic E-state index is 0.0155. The van der Waals surface area contributed by atoms with Crippen molar-refractivity contribution in [3.63, 3.8) is 0 Å². The summed E-state index contributed by atoms with van der Waals surface area (Å²) >= 11 is 1.66. The molecule has 3 heterocycles. The number of esters is 1. The fourth-order valence-corrected chi connectivity index (χ4v) is 3.14. The molecule has 0 radical (unpaired) electrons. The van der Waals surface area contributed by atoms with Crippen LogP contribution < -0.4 is 0 Å². The van der Waals surface area contributed by atoms with Crippen molar-refractivity contribution in [3.8, 4) is 0 Å². The van der Waals surface area contributed by atoms with Crippen LogP contribution in [0.2, 0.25) is 0 Å². The van der Waals surface area contributed by atoms with Gasteiger partial charge in [-0.2, -0.15) is 0 Å². The van der Waals surface area contributed by atoms with Crippen LogP contribution in [0.15, 0.2) is 36.2 Å². The topological polar surface area (TPSA) is 59.5 Å². The Balaban J connectivity index is 1.64. The standard InChI is InChI=1S/C13H12N2O3S/c16-11-7-12-15(11)10(4-6-19-12)13(17)18-8-9-3-1-2-5-14-9/h1-5,12H,6-8H2/t12-/m1/s1. The summed E-state index contributed by atoms with van der Waals surface area (Å²) in [5.74, 6) is 0.268. The number of carbonyl (C=O) groups is 2. The first-order chi connectivity index (χ1) is 9.25. The van der Waals surface area contributed by atoms with Gasteiger partial charge >= 0.3 is 5.97 Å². The normalized spacial score (nSPS) is 21.3. The van der Waals surface area contributed by atoms with Crippen LogP contribution in [0.25, 0.3) is 0 Å². The quantitative estimate of drug-likeness (QED) is 0.615. The molecule has 6 heteroatoms. The summed E-state index contributed by atoms with van der Waals surface area (Å²) in [5.41, 5.74) is 1.06. The van der Waals surface area contributed by atoms with Crippen LogP contribution in [0.4, 0.5) is 0 Å². The van der Waals surface area contributed by atoms with Gasteiger partial charge in [0.1, 0.15) is 12.3 Å². The van der Waals surface area contributed by atoms with E-state index in [0.717, 1.165) is 5.75 Å². The number of amides is 1. The molecule has 5 nitrogen and oxygen atoms in total. The summed E-state index contributed by atoms with van der Waals surface area (Å²) in [5, 5.41) is 0.106. The van der Waals surface area contributed by atoms with Gasteiger partial charge < -0.3 is 4.74 Å².